The van der Waals surface area contributed by atoms with Gasteiger partial charge in [-0.05, 0) is 26.8 Å². The Bertz CT molecular complexity index is 488. The Kier molecular flexibility index (Phi) is 4.68. The summed E-state index contributed by atoms with van der Waals surface area (Å²) in [7, 11) is 0. The maximum Gasteiger partial charge on any atom is 0.337 e. The number of pyridine rings is 1. The van der Waals surface area contributed by atoms with Crippen molar-refractivity contribution in [1.82, 2.24) is 10.3 Å². The number of carbonyl (C=O) groups is 2. The summed E-state index contributed by atoms with van der Waals surface area (Å²) in [6.07, 6.45) is 1.19. The van der Waals surface area contributed by atoms with Crippen LogP contribution in [0.2, 0.25) is 0 Å². The molecule has 0 aromatic carbocycles. The fraction of sp³-hybridized carbons (Fsp3) is 0.417. The third kappa shape index (κ3) is 4.13. The Balaban J connectivity index is 2.77. The number of aromatic carboxylic acids is 1. The van der Waals surface area contributed by atoms with Gasteiger partial charge in [0.15, 0.2) is 0 Å². The highest BCUT2D eigenvalue weighted by molar-refractivity contribution is 5.90. The van der Waals surface area contributed by atoms with Gasteiger partial charge in [-0.1, -0.05) is 0 Å². The Morgan fingerprint density at radius 2 is 2.00 bits per heavy atom. The molecule has 1 rings (SSSR count). The zero-order valence-electron chi connectivity index (χ0n) is 11.1. The molecule has 7 nitrogen and oxygen atoms in total. The van der Waals surface area contributed by atoms with Crippen LogP contribution in [0.3, 0.4) is 0 Å². The van der Waals surface area contributed by atoms with E-state index in [2.05, 4.69) is 15.6 Å². The molecule has 1 aromatic rings. The van der Waals surface area contributed by atoms with Crippen molar-refractivity contribution in [3.8, 4) is 0 Å². The van der Waals surface area contributed by atoms with Crippen molar-refractivity contribution in [3.63, 3.8) is 0 Å². The third-order valence-corrected chi connectivity index (χ3v) is 2.34. The average molecular weight is 266 g/mol. The van der Waals surface area contributed by atoms with E-state index in [0.717, 1.165) is 0 Å². The summed E-state index contributed by atoms with van der Waals surface area (Å²) < 4.78 is 0. The lowest BCUT2D eigenvalue weighted by molar-refractivity contribution is -0.122. The molecule has 5 N–H and O–H groups in total. The number of rotatable bonds is 5. The number of nitrogen functional groups attached to an aromatic ring is 1. The second kappa shape index (κ2) is 6.03. The van der Waals surface area contributed by atoms with E-state index in [-0.39, 0.29) is 29.0 Å². The van der Waals surface area contributed by atoms with E-state index in [1.807, 2.05) is 13.8 Å². The van der Waals surface area contributed by atoms with E-state index in [0.29, 0.717) is 0 Å². The number of nitrogens with two attached hydrogens (primary N) is 1. The van der Waals surface area contributed by atoms with Gasteiger partial charge in [-0.3, -0.25) is 4.79 Å². The molecule has 7 heteroatoms. The summed E-state index contributed by atoms with van der Waals surface area (Å²) in [5.41, 5.74) is 5.88. The Morgan fingerprint density at radius 1 is 1.37 bits per heavy atom. The molecule has 0 aliphatic carbocycles. The summed E-state index contributed by atoms with van der Waals surface area (Å²) in [6.45, 7) is 5.39. The first kappa shape index (κ1) is 14.7. The maximum atomic E-state index is 11.7. The molecule has 0 saturated heterocycles. The van der Waals surface area contributed by atoms with Crippen LogP contribution in [0.25, 0.3) is 0 Å². The standard InChI is InChI=1S/C12H18N4O3/c1-6(2)15-11(17)7(3)16-10-9(13)4-8(5-14-10)12(18)19/h4-7H,13H2,1-3H3,(H,14,16)(H,15,17)(H,18,19). The van der Waals surface area contributed by atoms with Gasteiger partial charge >= 0.3 is 5.97 Å². The van der Waals surface area contributed by atoms with Crippen LogP contribution >= 0.6 is 0 Å². The number of aromatic nitrogens is 1. The first-order valence-electron chi connectivity index (χ1n) is 5.87. The van der Waals surface area contributed by atoms with E-state index < -0.39 is 12.0 Å². The van der Waals surface area contributed by atoms with Crippen LogP contribution in [-0.2, 0) is 4.79 Å². The summed E-state index contributed by atoms with van der Waals surface area (Å²) in [6, 6.07) is 0.814. The lowest BCUT2D eigenvalue weighted by Gasteiger charge is -2.17. The van der Waals surface area contributed by atoms with Crippen LogP contribution in [0.4, 0.5) is 11.5 Å². The lowest BCUT2D eigenvalue weighted by atomic mass is 10.2. The van der Waals surface area contributed by atoms with E-state index in [4.69, 9.17) is 10.8 Å². The topological polar surface area (TPSA) is 117 Å². The minimum Gasteiger partial charge on any atom is -0.478 e. The van der Waals surface area contributed by atoms with Crippen molar-refractivity contribution < 1.29 is 14.7 Å². The summed E-state index contributed by atoms with van der Waals surface area (Å²) in [4.78, 5) is 26.3. The lowest BCUT2D eigenvalue weighted by Crippen LogP contribution is -2.41. The molecule has 1 amide bonds. The molecule has 1 atom stereocenters. The van der Waals surface area contributed by atoms with E-state index >= 15 is 0 Å². The van der Waals surface area contributed by atoms with Crippen LogP contribution in [0.15, 0.2) is 12.3 Å². The van der Waals surface area contributed by atoms with E-state index in [9.17, 15) is 9.59 Å². The third-order valence-electron chi connectivity index (χ3n) is 2.34. The van der Waals surface area contributed by atoms with Crippen molar-refractivity contribution in [2.75, 3.05) is 11.1 Å². The number of nitrogens with one attached hydrogen (secondary N) is 2. The molecule has 0 fully saturated rings. The number of carboxylic acids is 1. The molecule has 19 heavy (non-hydrogen) atoms. The predicted octanol–water partition coefficient (Wildman–Crippen LogP) is 0.687. The summed E-state index contributed by atoms with van der Waals surface area (Å²) in [5.74, 6) is -0.994. The largest absolute Gasteiger partial charge is 0.478 e. The van der Waals surface area contributed by atoms with Crippen molar-refractivity contribution >= 4 is 23.4 Å². The Hall–Kier alpha value is -2.31. The van der Waals surface area contributed by atoms with Crippen molar-refractivity contribution in [2.24, 2.45) is 0 Å². The van der Waals surface area contributed by atoms with Crippen LogP contribution in [-0.4, -0.2) is 34.1 Å². The second-order valence-electron chi connectivity index (χ2n) is 4.50. The molecular formula is C12H18N4O3. The van der Waals surface area contributed by atoms with Gasteiger partial charge in [0.25, 0.3) is 0 Å². The number of hydrogen-bond donors (Lipinski definition) is 4. The van der Waals surface area contributed by atoms with Gasteiger partial charge in [0, 0.05) is 12.2 Å². The van der Waals surface area contributed by atoms with Gasteiger partial charge in [-0.25, -0.2) is 9.78 Å². The number of carboxylic acid groups (broad SMARTS) is 1. The number of carbonyl (C=O) groups excluding carboxylic acids is 1. The fourth-order valence-corrected chi connectivity index (χ4v) is 1.40. The minimum atomic E-state index is -1.10. The first-order chi connectivity index (χ1) is 8.81. The number of amides is 1. The molecule has 0 saturated carbocycles. The van der Waals surface area contributed by atoms with Crippen LogP contribution < -0.4 is 16.4 Å². The van der Waals surface area contributed by atoms with Gasteiger partial charge in [0.2, 0.25) is 5.91 Å². The van der Waals surface area contributed by atoms with Crippen LogP contribution in [0, 0.1) is 0 Å². The van der Waals surface area contributed by atoms with Crippen LogP contribution in [0.1, 0.15) is 31.1 Å². The molecule has 1 aromatic heterocycles. The number of anilines is 2. The quantitative estimate of drug-likeness (QED) is 0.622. The van der Waals surface area contributed by atoms with Gasteiger partial charge in [0.1, 0.15) is 11.9 Å². The van der Waals surface area contributed by atoms with Crippen molar-refractivity contribution in [3.05, 3.63) is 17.8 Å². The number of nitrogens with zero attached hydrogens (tertiary/aromatic N) is 1. The van der Waals surface area contributed by atoms with Crippen molar-refractivity contribution in [2.45, 2.75) is 32.9 Å². The molecule has 0 spiro atoms. The molecule has 0 radical (unpaired) electrons. The molecule has 1 heterocycles. The highest BCUT2D eigenvalue weighted by atomic mass is 16.4. The maximum absolute atomic E-state index is 11.7. The fourth-order valence-electron chi connectivity index (χ4n) is 1.40. The Labute approximate surface area is 111 Å². The Morgan fingerprint density at radius 3 is 2.47 bits per heavy atom. The highest BCUT2D eigenvalue weighted by Crippen LogP contribution is 2.17. The first-order valence-corrected chi connectivity index (χ1v) is 5.87. The summed E-state index contributed by atoms with van der Waals surface area (Å²) in [5, 5.41) is 14.4. The van der Waals surface area contributed by atoms with Gasteiger partial charge in [-0.15, -0.1) is 0 Å². The highest BCUT2D eigenvalue weighted by Gasteiger charge is 2.16. The minimum absolute atomic E-state index is 0.00216. The van der Waals surface area contributed by atoms with Crippen LogP contribution in [0.5, 0.6) is 0 Å². The molecule has 104 valence electrons. The average Bonchev–Trinajstić information content (AvgIpc) is 2.30. The van der Waals surface area contributed by atoms with Gasteiger partial charge in [0.05, 0.1) is 11.3 Å². The molecular weight excluding hydrogens is 248 g/mol. The molecule has 1 unspecified atom stereocenters. The predicted molar refractivity (Wildman–Crippen MR) is 72.0 cm³/mol. The molecule has 0 aliphatic heterocycles. The SMILES string of the molecule is CC(C)NC(=O)C(C)Nc1ncc(C(=O)O)cc1N. The molecule has 0 bridgehead atoms. The molecule has 0 aliphatic rings. The van der Waals surface area contributed by atoms with Crippen molar-refractivity contribution in [1.29, 1.82) is 0 Å². The normalized spacial score (nSPS) is 12.0. The van der Waals surface area contributed by atoms with E-state index in [1.54, 1.807) is 6.92 Å². The second-order valence-corrected chi connectivity index (χ2v) is 4.50. The zero-order chi connectivity index (χ0) is 14.6. The van der Waals surface area contributed by atoms with E-state index in [1.165, 1.54) is 12.3 Å². The smallest absolute Gasteiger partial charge is 0.337 e. The monoisotopic (exact) mass is 266 g/mol. The number of hydrogen-bond acceptors (Lipinski definition) is 5. The van der Waals surface area contributed by atoms with Gasteiger partial charge in [-0.2, -0.15) is 0 Å². The van der Waals surface area contributed by atoms with Gasteiger partial charge < -0.3 is 21.5 Å². The summed E-state index contributed by atoms with van der Waals surface area (Å²) >= 11 is 0. The zero-order valence-corrected chi connectivity index (χ0v) is 11.1.